The molecule has 2 aliphatic carbocycles. The lowest BCUT2D eigenvalue weighted by Crippen LogP contribution is -2.48. The largest absolute Gasteiger partial charge is 0.352 e. The molecule has 2 fully saturated rings. The highest BCUT2D eigenvalue weighted by molar-refractivity contribution is 5.83. The van der Waals surface area contributed by atoms with Crippen LogP contribution in [0.1, 0.15) is 40.0 Å². The third kappa shape index (κ3) is 1.64. The number of halogens is 2. The zero-order valence-corrected chi connectivity index (χ0v) is 9.36. The molecule has 0 bridgehead atoms. The number of hydrogen-bond acceptors (Lipinski definition) is 1. The molecule has 0 aromatic carbocycles. The molecule has 2 rings (SSSR count). The Kier molecular flexibility index (Phi) is 1.96. The summed E-state index contributed by atoms with van der Waals surface area (Å²) in [5.74, 6) is -3.51. The van der Waals surface area contributed by atoms with Crippen molar-refractivity contribution < 1.29 is 13.6 Å². The van der Waals surface area contributed by atoms with Gasteiger partial charge in [0.2, 0.25) is 5.91 Å². The van der Waals surface area contributed by atoms with Gasteiger partial charge in [-0.15, -0.1) is 0 Å². The predicted octanol–water partition coefficient (Wildman–Crippen LogP) is 2.34. The molecular formula is C11H17F2NO. The fourth-order valence-electron chi connectivity index (χ4n) is 1.80. The third-order valence-corrected chi connectivity index (χ3v) is 4.05. The van der Waals surface area contributed by atoms with E-state index in [1.807, 2.05) is 0 Å². The molecule has 2 aliphatic rings. The molecule has 86 valence electrons. The van der Waals surface area contributed by atoms with Crippen LogP contribution in [0.5, 0.6) is 0 Å². The van der Waals surface area contributed by atoms with Crippen LogP contribution in [0.25, 0.3) is 0 Å². The second kappa shape index (κ2) is 2.71. The maximum absolute atomic E-state index is 13.2. The first-order valence-corrected chi connectivity index (χ1v) is 5.38. The fourth-order valence-corrected chi connectivity index (χ4v) is 1.80. The van der Waals surface area contributed by atoms with E-state index in [4.69, 9.17) is 0 Å². The van der Waals surface area contributed by atoms with Crippen LogP contribution in [-0.2, 0) is 4.79 Å². The normalized spacial score (nSPS) is 27.7. The fraction of sp³-hybridized carbons (Fsp3) is 0.909. The summed E-state index contributed by atoms with van der Waals surface area (Å²) in [7, 11) is 0. The van der Waals surface area contributed by atoms with Gasteiger partial charge in [0.1, 0.15) is 5.41 Å². The number of amides is 1. The molecule has 1 N–H and O–H groups in total. The van der Waals surface area contributed by atoms with E-state index < -0.39 is 17.2 Å². The van der Waals surface area contributed by atoms with Crippen molar-refractivity contribution in [1.29, 1.82) is 0 Å². The van der Waals surface area contributed by atoms with Gasteiger partial charge in [0, 0.05) is 13.0 Å². The van der Waals surface area contributed by atoms with Gasteiger partial charge in [0.15, 0.2) is 0 Å². The minimum Gasteiger partial charge on any atom is -0.352 e. The molecule has 1 spiro atoms. The molecule has 0 aromatic heterocycles. The summed E-state index contributed by atoms with van der Waals surface area (Å²) in [6, 6.07) is 0.159. The zero-order chi connectivity index (χ0) is 11.5. The Labute approximate surface area is 88.4 Å². The first kappa shape index (κ1) is 10.8. The highest BCUT2D eigenvalue weighted by atomic mass is 19.3. The Morgan fingerprint density at radius 2 is 1.87 bits per heavy atom. The van der Waals surface area contributed by atoms with Crippen LogP contribution in [0, 0.1) is 10.8 Å². The van der Waals surface area contributed by atoms with Crippen LogP contribution < -0.4 is 5.32 Å². The van der Waals surface area contributed by atoms with Crippen molar-refractivity contribution in [3.8, 4) is 0 Å². The van der Waals surface area contributed by atoms with Gasteiger partial charge in [-0.2, -0.15) is 0 Å². The Hall–Kier alpha value is -0.670. The summed E-state index contributed by atoms with van der Waals surface area (Å²) in [5.41, 5.74) is -1.31. The Balaban J connectivity index is 1.95. The van der Waals surface area contributed by atoms with Crippen LogP contribution in [0.2, 0.25) is 0 Å². The number of nitrogens with one attached hydrogen (secondary N) is 1. The first-order chi connectivity index (χ1) is 6.69. The summed E-state index contributed by atoms with van der Waals surface area (Å²) < 4.78 is 26.3. The van der Waals surface area contributed by atoms with Gasteiger partial charge in [-0.25, -0.2) is 8.78 Å². The van der Waals surface area contributed by atoms with Crippen molar-refractivity contribution in [3.63, 3.8) is 0 Å². The number of rotatable bonds is 3. The minimum absolute atomic E-state index is 0.159. The summed E-state index contributed by atoms with van der Waals surface area (Å²) in [4.78, 5) is 11.7. The van der Waals surface area contributed by atoms with E-state index in [1.165, 1.54) is 13.8 Å². The van der Waals surface area contributed by atoms with Crippen LogP contribution in [0.3, 0.4) is 0 Å². The van der Waals surface area contributed by atoms with Crippen molar-refractivity contribution in [1.82, 2.24) is 5.32 Å². The maximum atomic E-state index is 13.2. The molecule has 1 amide bonds. The lowest BCUT2D eigenvalue weighted by Gasteiger charge is -2.29. The van der Waals surface area contributed by atoms with Gasteiger partial charge in [-0.05, 0) is 38.5 Å². The summed E-state index contributed by atoms with van der Waals surface area (Å²) in [6.45, 7) is 3.39. The van der Waals surface area contributed by atoms with Crippen LogP contribution in [-0.4, -0.2) is 17.9 Å². The molecule has 4 heteroatoms. The van der Waals surface area contributed by atoms with E-state index in [0.717, 1.165) is 26.2 Å². The molecule has 2 saturated carbocycles. The number of alkyl halides is 2. The molecule has 15 heavy (non-hydrogen) atoms. The predicted molar refractivity (Wildman–Crippen MR) is 52.6 cm³/mol. The highest BCUT2D eigenvalue weighted by Gasteiger charge is 2.64. The summed E-state index contributed by atoms with van der Waals surface area (Å²) >= 11 is 0. The summed E-state index contributed by atoms with van der Waals surface area (Å²) in [6.07, 6.45) is 3.26. The molecule has 2 nitrogen and oxygen atoms in total. The maximum Gasteiger partial charge on any atom is 0.259 e. The topological polar surface area (TPSA) is 29.1 Å². The third-order valence-electron chi connectivity index (χ3n) is 4.05. The highest BCUT2D eigenvalue weighted by Crippen LogP contribution is 2.66. The van der Waals surface area contributed by atoms with E-state index in [0.29, 0.717) is 5.41 Å². The molecule has 0 saturated heterocycles. The molecule has 0 heterocycles. The molecular weight excluding hydrogens is 200 g/mol. The Morgan fingerprint density at radius 3 is 2.20 bits per heavy atom. The van der Waals surface area contributed by atoms with Gasteiger partial charge in [0.05, 0.1) is 0 Å². The van der Waals surface area contributed by atoms with Crippen molar-refractivity contribution in [2.75, 3.05) is 0 Å². The summed E-state index contributed by atoms with van der Waals surface area (Å²) in [5, 5.41) is 2.73. The number of carbonyl (C=O) groups is 1. The standard InChI is InChI=1S/C11H17F2NO/c1-9(2,10(3,12)13)8(15)14-7-6-11(7)4-5-11/h7H,4-6H2,1-3H3,(H,14,15). The first-order valence-electron chi connectivity index (χ1n) is 5.38. The van der Waals surface area contributed by atoms with E-state index in [-0.39, 0.29) is 6.04 Å². The average molecular weight is 217 g/mol. The van der Waals surface area contributed by atoms with Gasteiger partial charge >= 0.3 is 0 Å². The molecule has 1 atom stereocenters. The van der Waals surface area contributed by atoms with Crippen molar-refractivity contribution in [2.24, 2.45) is 10.8 Å². The van der Waals surface area contributed by atoms with Gasteiger partial charge < -0.3 is 5.32 Å². The smallest absolute Gasteiger partial charge is 0.259 e. The van der Waals surface area contributed by atoms with E-state index in [9.17, 15) is 13.6 Å². The SMILES string of the molecule is CC(F)(F)C(C)(C)C(=O)NC1CC12CC2. The van der Waals surface area contributed by atoms with E-state index >= 15 is 0 Å². The Morgan fingerprint density at radius 1 is 1.33 bits per heavy atom. The monoisotopic (exact) mass is 217 g/mol. The lowest BCUT2D eigenvalue weighted by molar-refractivity contribution is -0.151. The van der Waals surface area contributed by atoms with E-state index in [2.05, 4.69) is 5.32 Å². The number of hydrogen-bond donors (Lipinski definition) is 1. The van der Waals surface area contributed by atoms with Gasteiger partial charge in [0.25, 0.3) is 5.92 Å². The lowest BCUT2D eigenvalue weighted by atomic mass is 9.85. The second-order valence-electron chi connectivity index (χ2n) is 5.61. The second-order valence-corrected chi connectivity index (χ2v) is 5.61. The minimum atomic E-state index is -2.98. The van der Waals surface area contributed by atoms with Gasteiger partial charge in [-0.1, -0.05) is 0 Å². The quantitative estimate of drug-likeness (QED) is 0.772. The van der Waals surface area contributed by atoms with Crippen molar-refractivity contribution in [3.05, 3.63) is 0 Å². The van der Waals surface area contributed by atoms with Crippen molar-refractivity contribution in [2.45, 2.75) is 52.0 Å². The zero-order valence-electron chi connectivity index (χ0n) is 9.36. The Bertz CT molecular complexity index is 302. The average Bonchev–Trinajstić information content (AvgIpc) is 2.93. The van der Waals surface area contributed by atoms with Crippen LogP contribution >= 0.6 is 0 Å². The van der Waals surface area contributed by atoms with Crippen LogP contribution in [0.15, 0.2) is 0 Å². The van der Waals surface area contributed by atoms with Crippen molar-refractivity contribution >= 4 is 5.91 Å². The number of carbonyl (C=O) groups excluding carboxylic acids is 1. The van der Waals surface area contributed by atoms with E-state index in [1.54, 1.807) is 0 Å². The molecule has 0 radical (unpaired) electrons. The molecule has 0 aliphatic heterocycles. The molecule has 1 unspecified atom stereocenters. The van der Waals surface area contributed by atoms with Crippen LogP contribution in [0.4, 0.5) is 8.78 Å². The van der Waals surface area contributed by atoms with Gasteiger partial charge in [-0.3, -0.25) is 4.79 Å². The molecule has 0 aromatic rings.